The third kappa shape index (κ3) is 4.29. The Balaban J connectivity index is 1.81. The van der Waals surface area contributed by atoms with Crippen molar-refractivity contribution in [2.45, 2.75) is 38.1 Å². The standard InChI is InChI=1S/C23H25N5O3S/c1-4-5-14-28-22(17-8-10-18(31-3)11-9-17)26-20-21(24-15-25-23(20)28)27-32(29,30)19-12-6-16(2)7-13-19/h6-13,15H,4-5,14H2,1-3H3,(H,24,25,27). The van der Waals surface area contributed by atoms with Crippen LogP contribution in [0.15, 0.2) is 59.8 Å². The number of rotatable bonds is 8. The van der Waals surface area contributed by atoms with Gasteiger partial charge in [0.05, 0.1) is 12.0 Å². The van der Waals surface area contributed by atoms with Gasteiger partial charge in [0.15, 0.2) is 17.0 Å². The fraction of sp³-hybridized carbons (Fsp3) is 0.261. The highest BCUT2D eigenvalue weighted by Gasteiger charge is 2.21. The minimum Gasteiger partial charge on any atom is -0.497 e. The number of unbranched alkanes of at least 4 members (excludes halogenated alkanes) is 1. The van der Waals surface area contributed by atoms with Gasteiger partial charge in [-0.05, 0) is 49.7 Å². The maximum Gasteiger partial charge on any atom is 0.263 e. The molecule has 8 nitrogen and oxygen atoms in total. The van der Waals surface area contributed by atoms with E-state index in [1.165, 1.54) is 6.33 Å². The zero-order valence-electron chi connectivity index (χ0n) is 18.2. The van der Waals surface area contributed by atoms with Crippen LogP contribution in [0.4, 0.5) is 5.82 Å². The summed E-state index contributed by atoms with van der Waals surface area (Å²) in [6.45, 7) is 4.72. The predicted octanol–water partition coefficient (Wildman–Crippen LogP) is 4.41. The second kappa shape index (κ2) is 8.96. The molecule has 32 heavy (non-hydrogen) atoms. The molecule has 0 saturated carbocycles. The number of methoxy groups -OCH3 is 1. The number of imidazole rings is 1. The van der Waals surface area contributed by atoms with E-state index in [0.717, 1.165) is 29.7 Å². The number of ether oxygens (including phenoxy) is 1. The van der Waals surface area contributed by atoms with E-state index in [9.17, 15) is 8.42 Å². The van der Waals surface area contributed by atoms with Crippen LogP contribution >= 0.6 is 0 Å². The highest BCUT2D eigenvalue weighted by Crippen LogP contribution is 2.29. The third-order valence-electron chi connectivity index (χ3n) is 5.18. The molecule has 0 aliphatic carbocycles. The van der Waals surface area contributed by atoms with Gasteiger partial charge in [0.1, 0.15) is 17.9 Å². The van der Waals surface area contributed by atoms with Crippen molar-refractivity contribution in [3.63, 3.8) is 0 Å². The van der Waals surface area contributed by atoms with E-state index in [-0.39, 0.29) is 10.7 Å². The quantitative estimate of drug-likeness (QED) is 0.426. The largest absolute Gasteiger partial charge is 0.497 e. The van der Waals surface area contributed by atoms with Crippen LogP contribution in [0, 0.1) is 6.92 Å². The van der Waals surface area contributed by atoms with E-state index in [2.05, 4.69) is 21.6 Å². The molecule has 0 atom stereocenters. The van der Waals surface area contributed by atoms with Crippen molar-refractivity contribution in [3.05, 3.63) is 60.4 Å². The number of nitrogens with one attached hydrogen (secondary N) is 1. The smallest absolute Gasteiger partial charge is 0.263 e. The first-order valence-corrected chi connectivity index (χ1v) is 11.9. The maximum absolute atomic E-state index is 12.9. The van der Waals surface area contributed by atoms with Crippen molar-refractivity contribution in [3.8, 4) is 17.1 Å². The van der Waals surface area contributed by atoms with Crippen LogP contribution in [0.25, 0.3) is 22.6 Å². The van der Waals surface area contributed by atoms with Gasteiger partial charge in [-0.3, -0.25) is 4.72 Å². The SMILES string of the molecule is CCCCn1c(-c2ccc(OC)cc2)nc2c(NS(=O)(=O)c3ccc(C)cc3)ncnc21. The lowest BCUT2D eigenvalue weighted by Crippen LogP contribution is -2.14. The Labute approximate surface area is 187 Å². The molecule has 0 amide bonds. The lowest BCUT2D eigenvalue weighted by Gasteiger charge is -2.09. The van der Waals surface area contributed by atoms with Crippen LogP contribution in [-0.4, -0.2) is 35.0 Å². The summed E-state index contributed by atoms with van der Waals surface area (Å²) in [5, 5.41) is 0. The molecular weight excluding hydrogens is 426 g/mol. The lowest BCUT2D eigenvalue weighted by molar-refractivity contribution is 0.415. The number of sulfonamides is 1. The number of hydrogen-bond donors (Lipinski definition) is 1. The van der Waals surface area contributed by atoms with Crippen molar-refractivity contribution in [1.29, 1.82) is 0 Å². The first kappa shape index (κ1) is 21.8. The Kier molecular flexibility index (Phi) is 6.09. The summed E-state index contributed by atoms with van der Waals surface area (Å²) >= 11 is 0. The Bertz CT molecular complexity index is 1330. The van der Waals surface area contributed by atoms with Crippen LogP contribution in [0.3, 0.4) is 0 Å². The molecule has 0 spiro atoms. The minimum atomic E-state index is -3.82. The monoisotopic (exact) mass is 451 g/mol. The molecule has 2 aromatic heterocycles. The molecule has 166 valence electrons. The number of fused-ring (bicyclic) bond motifs is 1. The van der Waals surface area contributed by atoms with Crippen molar-refractivity contribution in [2.24, 2.45) is 0 Å². The van der Waals surface area contributed by atoms with Gasteiger partial charge in [-0.2, -0.15) is 0 Å². The first-order valence-electron chi connectivity index (χ1n) is 10.4. The fourth-order valence-electron chi connectivity index (χ4n) is 3.40. The number of benzene rings is 2. The molecule has 1 N–H and O–H groups in total. The Morgan fingerprint density at radius 2 is 1.75 bits per heavy atom. The second-order valence-corrected chi connectivity index (χ2v) is 9.16. The normalized spacial score (nSPS) is 11.6. The summed E-state index contributed by atoms with van der Waals surface area (Å²) in [4.78, 5) is 13.5. The van der Waals surface area contributed by atoms with E-state index in [1.807, 2.05) is 35.8 Å². The molecule has 0 unspecified atom stereocenters. The fourth-order valence-corrected chi connectivity index (χ4v) is 4.42. The van der Waals surface area contributed by atoms with Crippen molar-refractivity contribution < 1.29 is 13.2 Å². The average molecular weight is 452 g/mol. The number of hydrogen-bond acceptors (Lipinski definition) is 6. The van der Waals surface area contributed by atoms with Crippen LogP contribution in [0.1, 0.15) is 25.3 Å². The number of nitrogens with zero attached hydrogens (tertiary/aromatic N) is 4. The lowest BCUT2D eigenvalue weighted by atomic mass is 10.2. The molecule has 0 bridgehead atoms. The summed E-state index contributed by atoms with van der Waals surface area (Å²) in [5.74, 6) is 1.60. The van der Waals surface area contributed by atoms with Crippen LogP contribution in [0.5, 0.6) is 5.75 Å². The van der Waals surface area contributed by atoms with Crippen molar-refractivity contribution >= 4 is 27.0 Å². The topological polar surface area (TPSA) is 99.0 Å². The van der Waals surface area contributed by atoms with Gasteiger partial charge in [0.25, 0.3) is 10.0 Å². The number of aromatic nitrogens is 4. The van der Waals surface area contributed by atoms with Gasteiger partial charge in [0.2, 0.25) is 0 Å². The molecule has 2 heterocycles. The van der Waals surface area contributed by atoms with E-state index in [1.54, 1.807) is 31.4 Å². The Morgan fingerprint density at radius 3 is 2.41 bits per heavy atom. The molecule has 0 fully saturated rings. The number of aryl methyl sites for hydroxylation is 2. The molecular formula is C23H25N5O3S. The zero-order chi connectivity index (χ0) is 22.7. The Morgan fingerprint density at radius 1 is 1.03 bits per heavy atom. The van der Waals surface area contributed by atoms with Crippen LogP contribution in [-0.2, 0) is 16.6 Å². The van der Waals surface area contributed by atoms with Gasteiger partial charge < -0.3 is 9.30 Å². The van der Waals surface area contributed by atoms with Crippen molar-refractivity contribution in [1.82, 2.24) is 19.5 Å². The predicted molar refractivity (Wildman–Crippen MR) is 124 cm³/mol. The van der Waals surface area contributed by atoms with Crippen LogP contribution < -0.4 is 9.46 Å². The molecule has 0 saturated heterocycles. The van der Waals surface area contributed by atoms with Gasteiger partial charge in [-0.25, -0.2) is 23.4 Å². The summed E-state index contributed by atoms with van der Waals surface area (Å²) < 4.78 is 35.7. The summed E-state index contributed by atoms with van der Waals surface area (Å²) in [6.07, 6.45) is 3.29. The van der Waals surface area contributed by atoms with E-state index in [4.69, 9.17) is 9.72 Å². The maximum atomic E-state index is 12.9. The Hall–Kier alpha value is -3.46. The molecule has 2 aromatic carbocycles. The van der Waals surface area contributed by atoms with Gasteiger partial charge >= 0.3 is 0 Å². The second-order valence-electron chi connectivity index (χ2n) is 7.48. The highest BCUT2D eigenvalue weighted by molar-refractivity contribution is 7.92. The van der Waals surface area contributed by atoms with Gasteiger partial charge in [0, 0.05) is 12.1 Å². The molecule has 4 rings (SSSR count). The van der Waals surface area contributed by atoms with E-state index < -0.39 is 10.0 Å². The first-order chi connectivity index (χ1) is 15.4. The minimum absolute atomic E-state index is 0.153. The number of anilines is 1. The summed E-state index contributed by atoms with van der Waals surface area (Å²) in [7, 11) is -2.20. The molecule has 0 radical (unpaired) electrons. The molecule has 0 aliphatic rings. The van der Waals surface area contributed by atoms with Gasteiger partial charge in [-0.15, -0.1) is 0 Å². The van der Waals surface area contributed by atoms with Gasteiger partial charge in [-0.1, -0.05) is 31.0 Å². The average Bonchev–Trinajstić information content (AvgIpc) is 3.17. The summed E-state index contributed by atoms with van der Waals surface area (Å²) in [5.41, 5.74) is 2.85. The van der Waals surface area contributed by atoms with E-state index >= 15 is 0 Å². The van der Waals surface area contributed by atoms with E-state index in [0.29, 0.717) is 23.5 Å². The third-order valence-corrected chi connectivity index (χ3v) is 6.53. The van der Waals surface area contributed by atoms with Crippen molar-refractivity contribution in [2.75, 3.05) is 11.8 Å². The molecule has 0 aliphatic heterocycles. The molecule has 4 aromatic rings. The molecule has 9 heteroatoms. The zero-order valence-corrected chi connectivity index (χ0v) is 19.1. The highest BCUT2D eigenvalue weighted by atomic mass is 32.2. The van der Waals surface area contributed by atoms with Crippen LogP contribution in [0.2, 0.25) is 0 Å². The summed E-state index contributed by atoms with van der Waals surface area (Å²) in [6, 6.07) is 14.2.